The molecule has 0 bridgehead atoms. The third-order valence-electron chi connectivity index (χ3n) is 2.87. The van der Waals surface area contributed by atoms with Gasteiger partial charge >= 0.3 is 0 Å². The Morgan fingerprint density at radius 3 is 2.69 bits per heavy atom. The molecule has 1 aromatic rings. The summed E-state index contributed by atoms with van der Waals surface area (Å²) in [6.07, 6.45) is 3.04. The molecule has 1 heterocycles. The van der Waals surface area contributed by atoms with Crippen molar-refractivity contribution in [1.82, 2.24) is 15.1 Å². The Hall–Kier alpha value is -0.870. The van der Waals surface area contributed by atoms with Gasteiger partial charge in [-0.2, -0.15) is 5.10 Å². The zero-order chi connectivity index (χ0) is 12.0. The molecule has 2 atom stereocenters. The summed E-state index contributed by atoms with van der Waals surface area (Å²) in [5.41, 5.74) is 1.21. The minimum absolute atomic E-state index is 0.196. The number of methoxy groups -OCH3 is 1. The SMILES string of the molecule is CCNC(c1ccnn1CC)C(CC)OC. The second-order valence-corrected chi connectivity index (χ2v) is 3.79. The molecule has 1 N–H and O–H groups in total. The number of hydrogen-bond acceptors (Lipinski definition) is 3. The van der Waals surface area contributed by atoms with Crippen LogP contribution in [0.4, 0.5) is 0 Å². The van der Waals surface area contributed by atoms with Crippen LogP contribution in [-0.4, -0.2) is 29.5 Å². The molecule has 0 saturated heterocycles. The highest BCUT2D eigenvalue weighted by Gasteiger charge is 2.23. The molecule has 92 valence electrons. The summed E-state index contributed by atoms with van der Waals surface area (Å²) < 4.78 is 7.56. The van der Waals surface area contributed by atoms with Crippen LogP contribution in [0.2, 0.25) is 0 Å². The van der Waals surface area contributed by atoms with Crippen LogP contribution in [0, 0.1) is 0 Å². The fraction of sp³-hybridized carbons (Fsp3) is 0.750. The van der Waals surface area contributed by atoms with Crippen LogP contribution in [0.3, 0.4) is 0 Å². The highest BCUT2D eigenvalue weighted by Crippen LogP contribution is 2.20. The number of rotatable bonds is 7. The van der Waals surface area contributed by atoms with Crippen molar-refractivity contribution >= 4 is 0 Å². The normalized spacial score (nSPS) is 15.0. The molecule has 0 fully saturated rings. The summed E-state index contributed by atoms with van der Waals surface area (Å²) in [5, 5.41) is 7.79. The molecular formula is C12H23N3O. The van der Waals surface area contributed by atoms with Gasteiger partial charge in [0.2, 0.25) is 0 Å². The summed E-state index contributed by atoms with van der Waals surface area (Å²) >= 11 is 0. The van der Waals surface area contributed by atoms with Crippen molar-refractivity contribution in [1.29, 1.82) is 0 Å². The van der Waals surface area contributed by atoms with Gasteiger partial charge in [-0.15, -0.1) is 0 Å². The minimum atomic E-state index is 0.196. The predicted molar refractivity (Wildman–Crippen MR) is 65.4 cm³/mol. The summed E-state index contributed by atoms with van der Waals surface area (Å²) in [4.78, 5) is 0. The maximum Gasteiger partial charge on any atom is 0.0778 e. The molecule has 0 spiro atoms. The standard InChI is InChI=1S/C12H23N3O/c1-5-11(16-4)12(13-6-2)10-8-9-14-15(10)7-3/h8-9,11-13H,5-7H2,1-4H3. The van der Waals surface area contributed by atoms with Crippen LogP contribution in [0.5, 0.6) is 0 Å². The Morgan fingerprint density at radius 2 is 2.19 bits per heavy atom. The van der Waals surface area contributed by atoms with Crippen molar-refractivity contribution in [3.8, 4) is 0 Å². The molecule has 4 nitrogen and oxygen atoms in total. The van der Waals surface area contributed by atoms with Crippen LogP contribution < -0.4 is 5.32 Å². The van der Waals surface area contributed by atoms with Crippen LogP contribution in [-0.2, 0) is 11.3 Å². The first-order chi connectivity index (χ1) is 7.78. The van der Waals surface area contributed by atoms with E-state index in [0.29, 0.717) is 0 Å². The number of aromatic nitrogens is 2. The number of nitrogens with zero attached hydrogens (tertiary/aromatic N) is 2. The molecule has 0 amide bonds. The third kappa shape index (κ3) is 2.83. The average Bonchev–Trinajstić information content (AvgIpc) is 2.77. The fourth-order valence-corrected chi connectivity index (χ4v) is 2.06. The van der Waals surface area contributed by atoms with Crippen molar-refractivity contribution in [2.45, 2.75) is 45.9 Å². The van der Waals surface area contributed by atoms with E-state index in [1.807, 2.05) is 10.9 Å². The van der Waals surface area contributed by atoms with Gasteiger partial charge in [-0.1, -0.05) is 13.8 Å². The molecule has 0 saturated carbocycles. The van der Waals surface area contributed by atoms with Crippen LogP contribution in [0.1, 0.15) is 38.9 Å². The van der Waals surface area contributed by atoms with Crippen molar-refractivity contribution in [3.63, 3.8) is 0 Å². The van der Waals surface area contributed by atoms with Crippen molar-refractivity contribution in [2.24, 2.45) is 0 Å². The smallest absolute Gasteiger partial charge is 0.0778 e. The predicted octanol–water partition coefficient (Wildman–Crippen LogP) is 1.98. The van der Waals surface area contributed by atoms with Gasteiger partial charge in [-0.25, -0.2) is 0 Å². The molecule has 1 aromatic heterocycles. The maximum atomic E-state index is 5.53. The Morgan fingerprint density at radius 1 is 1.44 bits per heavy atom. The zero-order valence-corrected chi connectivity index (χ0v) is 10.7. The molecule has 4 heteroatoms. The highest BCUT2D eigenvalue weighted by atomic mass is 16.5. The maximum absolute atomic E-state index is 5.53. The number of hydrogen-bond donors (Lipinski definition) is 1. The third-order valence-corrected chi connectivity index (χ3v) is 2.87. The average molecular weight is 225 g/mol. The number of aryl methyl sites for hydroxylation is 1. The van der Waals surface area contributed by atoms with Gasteiger partial charge < -0.3 is 10.1 Å². The van der Waals surface area contributed by atoms with E-state index in [9.17, 15) is 0 Å². The molecule has 0 aromatic carbocycles. The molecule has 16 heavy (non-hydrogen) atoms. The number of ether oxygens (including phenoxy) is 1. The summed E-state index contributed by atoms with van der Waals surface area (Å²) in [6.45, 7) is 8.18. The van der Waals surface area contributed by atoms with Gasteiger partial charge in [0.25, 0.3) is 0 Å². The Kier molecular flexibility index (Phi) is 5.49. The van der Waals surface area contributed by atoms with E-state index in [-0.39, 0.29) is 12.1 Å². The Balaban J connectivity index is 2.91. The minimum Gasteiger partial charge on any atom is -0.379 e. The lowest BCUT2D eigenvalue weighted by Gasteiger charge is -2.26. The van der Waals surface area contributed by atoms with E-state index in [1.165, 1.54) is 5.69 Å². The van der Waals surface area contributed by atoms with Gasteiger partial charge in [0.1, 0.15) is 0 Å². The van der Waals surface area contributed by atoms with E-state index in [2.05, 4.69) is 37.3 Å². The van der Waals surface area contributed by atoms with E-state index in [4.69, 9.17) is 4.74 Å². The van der Waals surface area contributed by atoms with Crippen LogP contribution >= 0.6 is 0 Å². The zero-order valence-electron chi connectivity index (χ0n) is 10.7. The fourth-order valence-electron chi connectivity index (χ4n) is 2.06. The van der Waals surface area contributed by atoms with Gasteiger partial charge in [-0.05, 0) is 26.0 Å². The lowest BCUT2D eigenvalue weighted by Crippen LogP contribution is -2.34. The lowest BCUT2D eigenvalue weighted by atomic mass is 10.0. The topological polar surface area (TPSA) is 39.1 Å². The molecule has 0 aliphatic heterocycles. The Bertz CT molecular complexity index is 294. The van der Waals surface area contributed by atoms with E-state index >= 15 is 0 Å². The largest absolute Gasteiger partial charge is 0.379 e. The molecule has 2 unspecified atom stereocenters. The van der Waals surface area contributed by atoms with Crippen molar-refractivity contribution in [3.05, 3.63) is 18.0 Å². The molecule has 0 aliphatic carbocycles. The van der Waals surface area contributed by atoms with Gasteiger partial charge in [0, 0.05) is 19.9 Å². The van der Waals surface area contributed by atoms with Gasteiger partial charge in [-0.3, -0.25) is 4.68 Å². The molecule has 0 aliphatic rings. The first-order valence-electron chi connectivity index (χ1n) is 6.06. The Labute approximate surface area is 98.0 Å². The van der Waals surface area contributed by atoms with Crippen LogP contribution in [0.25, 0.3) is 0 Å². The molecular weight excluding hydrogens is 202 g/mol. The molecule has 0 radical (unpaired) electrons. The first kappa shape index (κ1) is 13.2. The van der Waals surface area contributed by atoms with Crippen molar-refractivity contribution < 1.29 is 4.74 Å². The summed E-state index contributed by atoms with van der Waals surface area (Å²) in [5.74, 6) is 0. The summed E-state index contributed by atoms with van der Waals surface area (Å²) in [7, 11) is 1.77. The number of likely N-dealkylation sites (N-methyl/N-ethyl adjacent to an activating group) is 1. The van der Waals surface area contributed by atoms with E-state index in [1.54, 1.807) is 7.11 Å². The quantitative estimate of drug-likeness (QED) is 0.771. The summed E-state index contributed by atoms with van der Waals surface area (Å²) in [6, 6.07) is 2.29. The van der Waals surface area contributed by atoms with Crippen LogP contribution in [0.15, 0.2) is 12.3 Å². The highest BCUT2D eigenvalue weighted by molar-refractivity contribution is 5.09. The number of nitrogens with one attached hydrogen (secondary N) is 1. The van der Waals surface area contributed by atoms with Crippen molar-refractivity contribution in [2.75, 3.05) is 13.7 Å². The van der Waals surface area contributed by atoms with E-state index < -0.39 is 0 Å². The molecule has 1 rings (SSSR count). The van der Waals surface area contributed by atoms with Gasteiger partial charge in [0.15, 0.2) is 0 Å². The second kappa shape index (κ2) is 6.66. The first-order valence-corrected chi connectivity index (χ1v) is 6.06. The van der Waals surface area contributed by atoms with Gasteiger partial charge in [0.05, 0.1) is 17.8 Å². The monoisotopic (exact) mass is 225 g/mol. The lowest BCUT2D eigenvalue weighted by molar-refractivity contribution is 0.0628. The van der Waals surface area contributed by atoms with E-state index in [0.717, 1.165) is 19.5 Å². The second-order valence-electron chi connectivity index (χ2n) is 3.79.